The zero-order valence-electron chi connectivity index (χ0n) is 11.7. The average molecular weight is 306 g/mol. The van der Waals surface area contributed by atoms with Crippen molar-refractivity contribution in [2.24, 2.45) is 0 Å². The molecule has 0 atom stereocenters. The van der Waals surface area contributed by atoms with Gasteiger partial charge in [-0.3, -0.25) is 4.72 Å². The fraction of sp³-hybridized carbons (Fsp3) is 0.200. The number of aryl methyl sites for hydroxylation is 1. The first-order chi connectivity index (χ1) is 10.00. The monoisotopic (exact) mass is 306 g/mol. The summed E-state index contributed by atoms with van der Waals surface area (Å²) < 4.78 is 31.7. The van der Waals surface area contributed by atoms with E-state index >= 15 is 0 Å². The molecule has 0 aliphatic heterocycles. The highest BCUT2D eigenvalue weighted by Crippen LogP contribution is 2.25. The van der Waals surface area contributed by atoms with Gasteiger partial charge in [-0.25, -0.2) is 8.42 Å². The second-order valence-corrected chi connectivity index (χ2v) is 6.45. The number of nitrogens with two attached hydrogens (primary N) is 1. The Kier molecular flexibility index (Phi) is 4.70. The van der Waals surface area contributed by atoms with Gasteiger partial charge >= 0.3 is 0 Å². The van der Waals surface area contributed by atoms with Gasteiger partial charge in [-0.15, -0.1) is 0 Å². The fourth-order valence-electron chi connectivity index (χ4n) is 1.88. The number of anilines is 2. The maximum Gasteiger partial charge on any atom is 0.233 e. The molecule has 0 unspecified atom stereocenters. The van der Waals surface area contributed by atoms with Gasteiger partial charge in [0.15, 0.2) is 0 Å². The minimum Gasteiger partial charge on any atom is -0.497 e. The number of nitrogens with one attached hydrogen (secondary N) is 1. The lowest BCUT2D eigenvalue weighted by molar-refractivity contribution is 0.415. The van der Waals surface area contributed by atoms with Gasteiger partial charge in [-0.1, -0.05) is 30.3 Å². The summed E-state index contributed by atoms with van der Waals surface area (Å²) in [6.45, 7) is 0. The van der Waals surface area contributed by atoms with Crippen LogP contribution in [-0.2, 0) is 16.4 Å². The van der Waals surface area contributed by atoms with Crippen molar-refractivity contribution in [3.05, 3.63) is 54.1 Å². The van der Waals surface area contributed by atoms with Crippen LogP contribution in [0.1, 0.15) is 5.56 Å². The van der Waals surface area contributed by atoms with Gasteiger partial charge in [-0.05, 0) is 24.1 Å². The second-order valence-electron chi connectivity index (χ2n) is 4.61. The third-order valence-electron chi connectivity index (χ3n) is 3.03. The van der Waals surface area contributed by atoms with Gasteiger partial charge in [0.25, 0.3) is 0 Å². The Morgan fingerprint density at radius 3 is 2.48 bits per heavy atom. The minimum atomic E-state index is -3.45. The molecule has 0 radical (unpaired) electrons. The van der Waals surface area contributed by atoms with E-state index in [-0.39, 0.29) is 5.75 Å². The third-order valence-corrected chi connectivity index (χ3v) is 4.30. The molecule has 0 bridgehead atoms. The lowest BCUT2D eigenvalue weighted by Crippen LogP contribution is -2.19. The fourth-order valence-corrected chi connectivity index (χ4v) is 3.00. The molecule has 2 aromatic carbocycles. The van der Waals surface area contributed by atoms with Crippen LogP contribution in [0.15, 0.2) is 48.5 Å². The smallest absolute Gasteiger partial charge is 0.233 e. The van der Waals surface area contributed by atoms with E-state index in [1.54, 1.807) is 18.2 Å². The topological polar surface area (TPSA) is 81.4 Å². The van der Waals surface area contributed by atoms with E-state index in [4.69, 9.17) is 10.5 Å². The molecule has 0 fully saturated rings. The van der Waals surface area contributed by atoms with Gasteiger partial charge < -0.3 is 10.5 Å². The molecule has 0 aromatic heterocycles. The summed E-state index contributed by atoms with van der Waals surface area (Å²) in [6.07, 6.45) is 0.451. The van der Waals surface area contributed by atoms with Crippen molar-refractivity contribution in [1.29, 1.82) is 0 Å². The molecule has 2 aromatic rings. The molecule has 21 heavy (non-hydrogen) atoms. The number of hydrogen-bond donors (Lipinski definition) is 2. The van der Waals surface area contributed by atoms with Crippen molar-refractivity contribution in [2.45, 2.75) is 6.42 Å². The molecule has 0 spiro atoms. The van der Waals surface area contributed by atoms with Crippen LogP contribution in [0.25, 0.3) is 0 Å². The highest BCUT2D eigenvalue weighted by molar-refractivity contribution is 7.92. The molecule has 0 saturated carbocycles. The summed E-state index contributed by atoms with van der Waals surface area (Å²) in [5, 5.41) is 0. The second kappa shape index (κ2) is 6.49. The Bertz CT molecular complexity index is 700. The van der Waals surface area contributed by atoms with Crippen LogP contribution < -0.4 is 15.2 Å². The first-order valence-corrected chi connectivity index (χ1v) is 8.13. The molecule has 2 rings (SSSR count). The molecule has 0 aliphatic carbocycles. The Hall–Kier alpha value is -2.21. The van der Waals surface area contributed by atoms with Crippen molar-refractivity contribution < 1.29 is 13.2 Å². The lowest BCUT2D eigenvalue weighted by Gasteiger charge is -2.11. The zero-order valence-corrected chi connectivity index (χ0v) is 12.6. The van der Waals surface area contributed by atoms with E-state index in [9.17, 15) is 8.42 Å². The van der Waals surface area contributed by atoms with Crippen molar-refractivity contribution >= 4 is 21.4 Å². The van der Waals surface area contributed by atoms with Crippen LogP contribution >= 0.6 is 0 Å². The van der Waals surface area contributed by atoms with E-state index in [0.717, 1.165) is 5.56 Å². The molecular formula is C15H18N2O3S. The Labute approximate surface area is 124 Å². The van der Waals surface area contributed by atoms with Crippen LogP contribution in [0, 0.1) is 0 Å². The standard InChI is InChI=1S/C15H18N2O3S/c1-20-13-7-8-15(14(16)11-13)17-21(18,19)10-9-12-5-3-2-4-6-12/h2-8,11,17H,9-10,16H2,1H3. The number of rotatable bonds is 6. The van der Waals surface area contributed by atoms with Crippen LogP contribution in [0.5, 0.6) is 5.75 Å². The van der Waals surface area contributed by atoms with Crippen molar-refractivity contribution in [3.63, 3.8) is 0 Å². The number of hydrogen-bond acceptors (Lipinski definition) is 4. The summed E-state index contributed by atoms with van der Waals surface area (Å²) >= 11 is 0. The van der Waals surface area contributed by atoms with E-state index in [0.29, 0.717) is 23.5 Å². The highest BCUT2D eigenvalue weighted by atomic mass is 32.2. The molecule has 5 nitrogen and oxygen atoms in total. The molecule has 6 heteroatoms. The summed E-state index contributed by atoms with van der Waals surface area (Å²) in [5.74, 6) is 0.586. The predicted octanol–water partition coefficient (Wildman–Crippen LogP) is 2.26. The van der Waals surface area contributed by atoms with E-state index in [1.807, 2.05) is 30.3 Å². The number of ether oxygens (including phenoxy) is 1. The van der Waals surface area contributed by atoms with Gasteiger partial charge in [0.1, 0.15) is 5.75 Å². The molecule has 0 heterocycles. The van der Waals surface area contributed by atoms with E-state index in [2.05, 4.69) is 4.72 Å². The van der Waals surface area contributed by atoms with Crippen LogP contribution in [0.3, 0.4) is 0 Å². The van der Waals surface area contributed by atoms with Crippen molar-refractivity contribution in [2.75, 3.05) is 23.3 Å². The lowest BCUT2D eigenvalue weighted by atomic mass is 10.2. The van der Waals surface area contributed by atoms with Crippen molar-refractivity contribution in [1.82, 2.24) is 0 Å². The van der Waals surface area contributed by atoms with Crippen LogP contribution in [0.4, 0.5) is 11.4 Å². The predicted molar refractivity (Wildman–Crippen MR) is 85.0 cm³/mol. The maximum absolute atomic E-state index is 12.1. The van der Waals surface area contributed by atoms with Crippen LogP contribution in [-0.4, -0.2) is 21.3 Å². The molecular weight excluding hydrogens is 288 g/mol. The zero-order chi connectivity index (χ0) is 15.3. The molecule has 0 aliphatic rings. The Morgan fingerprint density at radius 2 is 1.86 bits per heavy atom. The van der Waals surface area contributed by atoms with E-state index in [1.165, 1.54) is 7.11 Å². The quantitative estimate of drug-likeness (QED) is 0.802. The number of sulfonamides is 1. The third kappa shape index (κ3) is 4.39. The molecule has 3 N–H and O–H groups in total. The summed E-state index contributed by atoms with van der Waals surface area (Å²) in [4.78, 5) is 0. The summed E-state index contributed by atoms with van der Waals surface area (Å²) in [5.41, 5.74) is 7.48. The van der Waals surface area contributed by atoms with Crippen molar-refractivity contribution in [3.8, 4) is 5.75 Å². The summed E-state index contributed by atoms with van der Waals surface area (Å²) in [7, 11) is -1.92. The van der Waals surface area contributed by atoms with Gasteiger partial charge in [0.05, 0.1) is 24.2 Å². The maximum atomic E-state index is 12.1. The first-order valence-electron chi connectivity index (χ1n) is 6.48. The minimum absolute atomic E-state index is 0.00246. The van der Waals surface area contributed by atoms with Gasteiger partial charge in [-0.2, -0.15) is 0 Å². The Balaban J connectivity index is 2.04. The number of methoxy groups -OCH3 is 1. The number of nitrogen functional groups attached to an aromatic ring is 1. The number of benzene rings is 2. The summed E-state index contributed by atoms with van der Waals surface area (Å²) in [6, 6.07) is 14.3. The Morgan fingerprint density at radius 1 is 1.14 bits per heavy atom. The highest BCUT2D eigenvalue weighted by Gasteiger charge is 2.12. The molecule has 112 valence electrons. The first kappa shape index (κ1) is 15.2. The largest absolute Gasteiger partial charge is 0.497 e. The normalized spacial score (nSPS) is 11.1. The van der Waals surface area contributed by atoms with Crippen LogP contribution in [0.2, 0.25) is 0 Å². The SMILES string of the molecule is COc1ccc(NS(=O)(=O)CCc2ccccc2)c(N)c1. The van der Waals surface area contributed by atoms with Gasteiger partial charge in [0, 0.05) is 6.07 Å². The van der Waals surface area contributed by atoms with Gasteiger partial charge in [0.2, 0.25) is 10.0 Å². The molecule has 0 saturated heterocycles. The molecule has 0 amide bonds. The van der Waals surface area contributed by atoms with E-state index < -0.39 is 10.0 Å². The average Bonchev–Trinajstić information content (AvgIpc) is 2.48.